The van der Waals surface area contributed by atoms with Crippen molar-refractivity contribution in [2.45, 2.75) is 31.3 Å². The third-order valence-electron chi connectivity index (χ3n) is 1.84. The normalized spacial score (nSPS) is 11.1. The first-order valence-electron chi connectivity index (χ1n) is 5.65. The second-order valence-electron chi connectivity index (χ2n) is 4.73. The molecule has 0 bridgehead atoms. The first-order chi connectivity index (χ1) is 8.31. The first kappa shape index (κ1) is 18.1. The van der Waals surface area contributed by atoms with E-state index in [-0.39, 0.29) is 22.0 Å². The minimum atomic E-state index is -3.57. The van der Waals surface area contributed by atoms with Crippen LogP contribution in [0.1, 0.15) is 20.8 Å². The van der Waals surface area contributed by atoms with Gasteiger partial charge in [0.25, 0.3) is 10.1 Å². The zero-order chi connectivity index (χ0) is 13.6. The van der Waals surface area contributed by atoms with E-state index in [1.807, 2.05) is 30.3 Å². The van der Waals surface area contributed by atoms with E-state index in [9.17, 15) is 8.42 Å². The van der Waals surface area contributed by atoms with Gasteiger partial charge in [0.05, 0.1) is 5.60 Å². The maximum Gasteiger partial charge on any atom is 2.00 e. The summed E-state index contributed by atoms with van der Waals surface area (Å²) in [6.07, 6.45) is 0. The molecule has 0 aliphatic rings. The SMILES string of the molecule is CC(C)(C)OS(=O)(=O)c1ccc[cH-]1.[Fe+2].c1cc[cH-]c1. The fourth-order valence-electron chi connectivity index (χ4n) is 1.22. The van der Waals surface area contributed by atoms with Gasteiger partial charge in [-0.15, -0.1) is 0 Å². The smallest absolute Gasteiger partial charge is 0.262 e. The van der Waals surface area contributed by atoms with Crippen molar-refractivity contribution >= 4 is 10.1 Å². The molecule has 0 spiro atoms. The first-order valence-corrected chi connectivity index (χ1v) is 7.06. The van der Waals surface area contributed by atoms with Gasteiger partial charge in [-0.25, -0.2) is 18.2 Å². The van der Waals surface area contributed by atoms with Crippen LogP contribution >= 0.6 is 0 Å². The molecule has 3 nitrogen and oxygen atoms in total. The molecule has 0 amide bonds. The summed E-state index contributed by atoms with van der Waals surface area (Å²) in [7, 11) is -3.57. The van der Waals surface area contributed by atoms with E-state index in [4.69, 9.17) is 4.18 Å². The monoisotopic (exact) mass is 322 g/mol. The Labute approximate surface area is 125 Å². The van der Waals surface area contributed by atoms with Gasteiger partial charge in [0.2, 0.25) is 0 Å². The van der Waals surface area contributed by atoms with Gasteiger partial charge in [0.15, 0.2) is 0 Å². The molecule has 19 heavy (non-hydrogen) atoms. The summed E-state index contributed by atoms with van der Waals surface area (Å²) in [5.74, 6) is 0. The minimum Gasteiger partial charge on any atom is -0.262 e. The van der Waals surface area contributed by atoms with Gasteiger partial charge in [0, 0.05) is 0 Å². The van der Waals surface area contributed by atoms with E-state index in [2.05, 4.69) is 0 Å². The van der Waals surface area contributed by atoms with Gasteiger partial charge >= 0.3 is 17.1 Å². The average Bonchev–Trinajstić information content (AvgIpc) is 2.92. The van der Waals surface area contributed by atoms with Crippen LogP contribution in [0.2, 0.25) is 0 Å². The molecule has 0 fully saturated rings. The Kier molecular flexibility index (Phi) is 7.30. The fourth-order valence-corrected chi connectivity index (χ4v) is 2.47. The zero-order valence-corrected chi connectivity index (χ0v) is 13.1. The Hall–Kier alpha value is -0.871. The maximum absolute atomic E-state index is 11.5. The standard InChI is InChI=1S/C9H13O3S.C5H5.Fe/c1-9(2,3)12-13(10,11)8-6-4-5-7-8;1-2-4-5-3-1;/h4-7H,1-3H3;1-5H;/q2*-1;+2. The largest absolute Gasteiger partial charge is 2.00 e. The van der Waals surface area contributed by atoms with Gasteiger partial charge in [-0.2, -0.15) is 44.8 Å². The van der Waals surface area contributed by atoms with Gasteiger partial charge in [-0.3, -0.25) is 4.18 Å². The van der Waals surface area contributed by atoms with Gasteiger partial charge in [-0.1, -0.05) is 0 Å². The van der Waals surface area contributed by atoms with E-state index in [1.165, 1.54) is 12.1 Å². The molecule has 0 saturated carbocycles. The van der Waals surface area contributed by atoms with E-state index < -0.39 is 15.7 Å². The van der Waals surface area contributed by atoms with Crippen LogP contribution in [-0.4, -0.2) is 14.0 Å². The predicted octanol–water partition coefficient (Wildman–Crippen LogP) is 3.31. The molecule has 0 radical (unpaired) electrons. The van der Waals surface area contributed by atoms with Gasteiger partial charge in [-0.05, 0) is 25.7 Å². The Balaban J connectivity index is 0.000000454. The summed E-state index contributed by atoms with van der Waals surface area (Å²) in [4.78, 5) is 0.211. The number of hydrogen-bond donors (Lipinski definition) is 0. The molecular formula is C14H18FeO3S. The predicted molar refractivity (Wildman–Crippen MR) is 72.1 cm³/mol. The van der Waals surface area contributed by atoms with Crippen molar-refractivity contribution < 1.29 is 29.7 Å². The van der Waals surface area contributed by atoms with Crippen LogP contribution < -0.4 is 0 Å². The molecule has 0 N–H and O–H groups in total. The zero-order valence-electron chi connectivity index (χ0n) is 11.2. The van der Waals surface area contributed by atoms with E-state index >= 15 is 0 Å². The number of hydrogen-bond acceptors (Lipinski definition) is 3. The molecule has 2 rings (SSSR count). The Morgan fingerprint density at radius 2 is 1.63 bits per heavy atom. The molecule has 2 aromatic rings. The van der Waals surface area contributed by atoms with E-state index in [1.54, 1.807) is 32.9 Å². The summed E-state index contributed by atoms with van der Waals surface area (Å²) < 4.78 is 27.9. The quantitative estimate of drug-likeness (QED) is 0.484. The van der Waals surface area contributed by atoms with E-state index in [0.29, 0.717) is 0 Å². The van der Waals surface area contributed by atoms with Crippen LogP contribution in [0.15, 0.2) is 59.5 Å². The fraction of sp³-hybridized carbons (Fsp3) is 0.286. The van der Waals surface area contributed by atoms with Crippen molar-refractivity contribution in [1.82, 2.24) is 0 Å². The minimum absolute atomic E-state index is 0. The summed E-state index contributed by atoms with van der Waals surface area (Å²) in [6, 6.07) is 16.4. The molecule has 0 aliphatic carbocycles. The van der Waals surface area contributed by atoms with Crippen LogP contribution in [0, 0.1) is 0 Å². The molecule has 2 aromatic carbocycles. The third-order valence-corrected chi connectivity index (χ3v) is 3.40. The van der Waals surface area contributed by atoms with Crippen molar-refractivity contribution in [3.05, 3.63) is 54.6 Å². The van der Waals surface area contributed by atoms with Gasteiger partial charge in [0.1, 0.15) is 0 Å². The molecule has 106 valence electrons. The molecule has 0 aromatic heterocycles. The molecule has 0 saturated heterocycles. The summed E-state index contributed by atoms with van der Waals surface area (Å²) in [6.45, 7) is 5.11. The summed E-state index contributed by atoms with van der Waals surface area (Å²) >= 11 is 0. The third kappa shape index (κ3) is 7.33. The topological polar surface area (TPSA) is 43.4 Å². The number of rotatable bonds is 2. The maximum atomic E-state index is 11.5. The second kappa shape index (κ2) is 7.65. The van der Waals surface area contributed by atoms with E-state index in [0.717, 1.165) is 0 Å². The Morgan fingerprint density at radius 1 is 1.05 bits per heavy atom. The summed E-state index contributed by atoms with van der Waals surface area (Å²) in [5, 5.41) is 0. The Bertz CT molecular complexity index is 503. The van der Waals surface area contributed by atoms with Crippen molar-refractivity contribution in [2.75, 3.05) is 0 Å². The van der Waals surface area contributed by atoms with Crippen LogP contribution in [0.4, 0.5) is 0 Å². The molecular weight excluding hydrogens is 304 g/mol. The molecule has 0 heterocycles. The Morgan fingerprint density at radius 3 is 1.95 bits per heavy atom. The molecule has 5 heteroatoms. The molecule has 0 unspecified atom stereocenters. The van der Waals surface area contributed by atoms with Crippen LogP contribution in [0.3, 0.4) is 0 Å². The van der Waals surface area contributed by atoms with Crippen LogP contribution in [-0.2, 0) is 31.4 Å². The summed E-state index contributed by atoms with van der Waals surface area (Å²) in [5.41, 5.74) is -0.684. The second-order valence-corrected chi connectivity index (χ2v) is 6.28. The van der Waals surface area contributed by atoms with Crippen LogP contribution in [0.5, 0.6) is 0 Å². The van der Waals surface area contributed by atoms with Crippen molar-refractivity contribution in [1.29, 1.82) is 0 Å². The van der Waals surface area contributed by atoms with Crippen molar-refractivity contribution in [3.8, 4) is 0 Å². The molecule has 0 aliphatic heterocycles. The van der Waals surface area contributed by atoms with Crippen molar-refractivity contribution in [2.24, 2.45) is 0 Å². The van der Waals surface area contributed by atoms with Gasteiger partial charge < -0.3 is 0 Å². The van der Waals surface area contributed by atoms with Crippen molar-refractivity contribution in [3.63, 3.8) is 0 Å². The average molecular weight is 322 g/mol. The molecule has 0 atom stereocenters. The van der Waals surface area contributed by atoms with Crippen LogP contribution in [0.25, 0.3) is 0 Å².